The van der Waals surface area contributed by atoms with Crippen molar-refractivity contribution in [2.24, 2.45) is 5.92 Å². The number of benzene rings is 2. The van der Waals surface area contributed by atoms with E-state index in [1.54, 1.807) is 12.1 Å². The lowest BCUT2D eigenvalue weighted by atomic mass is 10.0. The highest BCUT2D eigenvalue weighted by atomic mass is 35.5. The van der Waals surface area contributed by atoms with E-state index in [-0.39, 0.29) is 6.04 Å². The second-order valence-electron chi connectivity index (χ2n) is 5.32. The molecule has 0 aromatic heterocycles. The summed E-state index contributed by atoms with van der Waals surface area (Å²) in [5.74, 6) is 0.120. The van der Waals surface area contributed by atoms with Crippen LogP contribution in [-0.2, 0) is 0 Å². The molecule has 1 saturated carbocycles. The topological polar surface area (TPSA) is 35.8 Å². The van der Waals surface area contributed by atoms with E-state index in [0.717, 1.165) is 18.4 Å². The third-order valence-corrected chi connectivity index (χ3v) is 3.98. The molecule has 2 nitrogen and oxygen atoms in total. The summed E-state index contributed by atoms with van der Waals surface area (Å²) < 4.78 is 14.0. The molecule has 0 spiro atoms. The summed E-state index contributed by atoms with van der Waals surface area (Å²) in [6.07, 6.45) is 2.27. The van der Waals surface area contributed by atoms with Gasteiger partial charge in [0.2, 0.25) is 0 Å². The molecule has 0 bridgehead atoms. The van der Waals surface area contributed by atoms with E-state index >= 15 is 0 Å². The first kappa shape index (κ1) is 13.9. The lowest BCUT2D eigenvalue weighted by Gasteiger charge is -2.20. The third kappa shape index (κ3) is 3.17. The van der Waals surface area contributed by atoms with E-state index in [1.165, 1.54) is 6.07 Å². The van der Waals surface area contributed by atoms with E-state index < -0.39 is 5.82 Å². The van der Waals surface area contributed by atoms with Gasteiger partial charge in [0.05, 0.1) is 23.4 Å². The van der Waals surface area contributed by atoms with Crippen LogP contribution in [0, 0.1) is 23.1 Å². The lowest BCUT2D eigenvalue weighted by molar-refractivity contribution is 0.616. The highest BCUT2D eigenvalue weighted by molar-refractivity contribution is 6.30. The molecule has 2 aromatic carbocycles. The molecule has 1 unspecified atom stereocenters. The summed E-state index contributed by atoms with van der Waals surface area (Å²) in [6, 6.07) is 14.2. The van der Waals surface area contributed by atoms with Crippen LogP contribution >= 0.6 is 11.6 Å². The molecule has 0 aliphatic heterocycles. The van der Waals surface area contributed by atoms with Crippen LogP contribution in [0.4, 0.5) is 10.1 Å². The van der Waals surface area contributed by atoms with Gasteiger partial charge in [-0.1, -0.05) is 23.7 Å². The molecule has 1 aliphatic carbocycles. The van der Waals surface area contributed by atoms with Crippen molar-refractivity contribution in [2.45, 2.75) is 18.9 Å². The number of hydrogen-bond donors (Lipinski definition) is 1. The molecular weight excluding hydrogens is 287 g/mol. The van der Waals surface area contributed by atoms with Gasteiger partial charge in [-0.2, -0.15) is 5.26 Å². The van der Waals surface area contributed by atoms with Crippen LogP contribution in [0.1, 0.15) is 30.0 Å². The van der Waals surface area contributed by atoms with Gasteiger partial charge < -0.3 is 5.32 Å². The largest absolute Gasteiger partial charge is 0.376 e. The molecule has 3 rings (SSSR count). The standard InChI is InChI=1S/C17H14ClFN2/c18-14-6-4-13(5-7-14)17(12-2-3-12)21-16-8-1-11(10-20)9-15(16)19/h1,4-9,12,17,21H,2-3H2. The van der Waals surface area contributed by atoms with Gasteiger partial charge in [-0.3, -0.25) is 0 Å². The number of anilines is 1. The third-order valence-electron chi connectivity index (χ3n) is 3.73. The summed E-state index contributed by atoms with van der Waals surface area (Å²) in [6.45, 7) is 0. The molecule has 0 amide bonds. The van der Waals surface area contributed by atoms with Crippen LogP contribution in [0.5, 0.6) is 0 Å². The predicted octanol–water partition coefficient (Wildman–Crippen LogP) is 4.91. The van der Waals surface area contributed by atoms with Crippen molar-refractivity contribution >= 4 is 17.3 Å². The molecular formula is C17H14ClFN2. The molecule has 21 heavy (non-hydrogen) atoms. The molecule has 0 heterocycles. The summed E-state index contributed by atoms with van der Waals surface area (Å²) in [5.41, 5.74) is 1.86. The zero-order valence-electron chi connectivity index (χ0n) is 11.3. The van der Waals surface area contributed by atoms with Crippen LogP contribution in [0.3, 0.4) is 0 Å². The van der Waals surface area contributed by atoms with Crippen molar-refractivity contribution in [3.8, 4) is 6.07 Å². The Bertz CT molecular complexity index is 687. The Hall–Kier alpha value is -2.05. The second-order valence-corrected chi connectivity index (χ2v) is 5.75. The smallest absolute Gasteiger partial charge is 0.147 e. The van der Waals surface area contributed by atoms with E-state index in [2.05, 4.69) is 5.32 Å². The minimum absolute atomic E-state index is 0.0738. The highest BCUT2D eigenvalue weighted by Gasteiger charge is 2.32. The van der Waals surface area contributed by atoms with Crippen LogP contribution in [0.25, 0.3) is 0 Å². The zero-order chi connectivity index (χ0) is 14.8. The Balaban J connectivity index is 1.86. The van der Waals surface area contributed by atoms with Gasteiger partial charge in [0, 0.05) is 5.02 Å². The molecule has 1 fully saturated rings. The summed E-state index contributed by atoms with van der Waals surface area (Å²) in [5, 5.41) is 12.7. The summed E-state index contributed by atoms with van der Waals surface area (Å²) in [4.78, 5) is 0. The first-order valence-corrected chi connectivity index (χ1v) is 7.27. The van der Waals surface area contributed by atoms with Gasteiger partial charge in [-0.05, 0) is 54.7 Å². The predicted molar refractivity (Wildman–Crippen MR) is 81.7 cm³/mol. The van der Waals surface area contributed by atoms with Crippen molar-refractivity contribution in [2.75, 3.05) is 5.32 Å². The van der Waals surface area contributed by atoms with Gasteiger partial charge in [-0.25, -0.2) is 4.39 Å². The fraction of sp³-hybridized carbons (Fsp3) is 0.235. The lowest BCUT2D eigenvalue weighted by Crippen LogP contribution is -2.13. The quantitative estimate of drug-likeness (QED) is 0.870. The Labute approximate surface area is 128 Å². The van der Waals surface area contributed by atoms with Crippen LogP contribution in [-0.4, -0.2) is 0 Å². The Morgan fingerprint density at radius 1 is 1.19 bits per heavy atom. The number of hydrogen-bond acceptors (Lipinski definition) is 2. The Kier molecular flexibility index (Phi) is 3.81. The maximum Gasteiger partial charge on any atom is 0.147 e. The number of halogens is 2. The first-order valence-electron chi connectivity index (χ1n) is 6.89. The average Bonchev–Trinajstić information content (AvgIpc) is 3.32. The van der Waals surface area contributed by atoms with E-state index in [0.29, 0.717) is 22.2 Å². The highest BCUT2D eigenvalue weighted by Crippen LogP contribution is 2.43. The minimum Gasteiger partial charge on any atom is -0.376 e. The molecule has 4 heteroatoms. The molecule has 1 atom stereocenters. The van der Waals surface area contributed by atoms with Crippen LogP contribution in [0.2, 0.25) is 5.02 Å². The second kappa shape index (κ2) is 5.75. The van der Waals surface area contributed by atoms with E-state index in [4.69, 9.17) is 16.9 Å². The molecule has 106 valence electrons. The minimum atomic E-state index is -0.395. The summed E-state index contributed by atoms with van der Waals surface area (Å²) in [7, 11) is 0. The van der Waals surface area contributed by atoms with Crippen molar-refractivity contribution in [3.63, 3.8) is 0 Å². The number of nitrogens with one attached hydrogen (secondary N) is 1. The van der Waals surface area contributed by atoms with Gasteiger partial charge in [0.15, 0.2) is 0 Å². The van der Waals surface area contributed by atoms with Crippen molar-refractivity contribution in [1.82, 2.24) is 0 Å². The maximum atomic E-state index is 14.0. The van der Waals surface area contributed by atoms with Gasteiger partial charge in [-0.15, -0.1) is 0 Å². The van der Waals surface area contributed by atoms with E-state index in [9.17, 15) is 4.39 Å². The number of nitriles is 1. The number of nitrogens with zero attached hydrogens (tertiary/aromatic N) is 1. The SMILES string of the molecule is N#Cc1ccc(NC(c2ccc(Cl)cc2)C2CC2)c(F)c1. The van der Waals surface area contributed by atoms with Crippen molar-refractivity contribution < 1.29 is 4.39 Å². The molecule has 0 radical (unpaired) electrons. The average molecular weight is 301 g/mol. The zero-order valence-corrected chi connectivity index (χ0v) is 12.1. The monoisotopic (exact) mass is 300 g/mol. The fourth-order valence-corrected chi connectivity index (χ4v) is 2.57. The Morgan fingerprint density at radius 3 is 2.48 bits per heavy atom. The van der Waals surface area contributed by atoms with Gasteiger partial charge >= 0.3 is 0 Å². The fourth-order valence-electron chi connectivity index (χ4n) is 2.44. The van der Waals surface area contributed by atoms with Crippen LogP contribution < -0.4 is 5.32 Å². The molecule has 1 aliphatic rings. The van der Waals surface area contributed by atoms with Crippen molar-refractivity contribution in [1.29, 1.82) is 5.26 Å². The number of rotatable bonds is 4. The van der Waals surface area contributed by atoms with E-state index in [1.807, 2.05) is 30.3 Å². The normalized spacial score (nSPS) is 15.3. The summed E-state index contributed by atoms with van der Waals surface area (Å²) >= 11 is 5.92. The first-order chi connectivity index (χ1) is 10.2. The van der Waals surface area contributed by atoms with Gasteiger partial charge in [0.25, 0.3) is 0 Å². The van der Waals surface area contributed by atoms with Crippen LogP contribution in [0.15, 0.2) is 42.5 Å². The molecule has 0 saturated heterocycles. The van der Waals surface area contributed by atoms with Crippen molar-refractivity contribution in [3.05, 3.63) is 64.4 Å². The maximum absolute atomic E-state index is 14.0. The molecule has 2 aromatic rings. The Morgan fingerprint density at radius 2 is 1.90 bits per heavy atom. The van der Waals surface area contributed by atoms with Gasteiger partial charge in [0.1, 0.15) is 5.82 Å². The molecule has 1 N–H and O–H groups in total.